The van der Waals surface area contributed by atoms with Crippen LogP contribution in [0.1, 0.15) is 64.2 Å². The molecule has 1 fully saturated rings. The molecule has 1 aromatic heterocycles. The average Bonchev–Trinajstić information content (AvgIpc) is 3.34. The molecule has 2 aliphatic rings. The minimum absolute atomic E-state index is 0.0970. The Kier molecular flexibility index (Phi) is 8.64. The predicted octanol–water partition coefficient (Wildman–Crippen LogP) is 4.29. The highest BCUT2D eigenvalue weighted by molar-refractivity contribution is 7.91. The van der Waals surface area contributed by atoms with Gasteiger partial charge < -0.3 is 25.2 Å². The second-order valence-electron chi connectivity index (χ2n) is 11.0. The number of carbonyl (C=O) groups is 3. The molecule has 0 radical (unpaired) electrons. The molecule has 41 heavy (non-hydrogen) atoms. The molecule has 5 rings (SSSR count). The van der Waals surface area contributed by atoms with Crippen molar-refractivity contribution in [3.63, 3.8) is 0 Å². The fourth-order valence-electron chi connectivity index (χ4n) is 4.73. The van der Waals surface area contributed by atoms with Gasteiger partial charge >= 0.3 is 6.09 Å². The zero-order valence-electron chi connectivity index (χ0n) is 23.2. The molecule has 2 aromatic carbocycles. The van der Waals surface area contributed by atoms with Crippen LogP contribution in [-0.4, -0.2) is 57.1 Å². The first-order valence-electron chi connectivity index (χ1n) is 13.5. The van der Waals surface area contributed by atoms with Gasteiger partial charge in [-0.05, 0) is 63.9 Å². The van der Waals surface area contributed by atoms with Crippen LogP contribution in [0.5, 0.6) is 0 Å². The molecule has 0 saturated carbocycles. The Morgan fingerprint density at radius 1 is 1.17 bits per heavy atom. The monoisotopic (exact) mass is 595 g/mol. The van der Waals surface area contributed by atoms with Gasteiger partial charge in [0.05, 0.1) is 24.3 Å². The van der Waals surface area contributed by atoms with Crippen LogP contribution >= 0.6 is 11.3 Å². The number of thiazole rings is 1. The summed E-state index contributed by atoms with van der Waals surface area (Å²) < 4.78 is 18.5. The van der Waals surface area contributed by atoms with E-state index in [-0.39, 0.29) is 23.9 Å². The van der Waals surface area contributed by atoms with Crippen LogP contribution in [0.2, 0.25) is 0 Å². The maximum atomic E-state index is 13.1. The lowest BCUT2D eigenvalue weighted by Crippen LogP contribution is -2.45. The van der Waals surface area contributed by atoms with Crippen LogP contribution in [0.3, 0.4) is 0 Å². The number of aromatic nitrogens is 1. The zero-order chi connectivity index (χ0) is 29.1. The van der Waals surface area contributed by atoms with Crippen molar-refractivity contribution in [3.8, 4) is 0 Å². The molecule has 216 valence electrons. The summed E-state index contributed by atoms with van der Waals surface area (Å²) in [5.74, 6) is -0.657. The first-order chi connectivity index (χ1) is 19.6. The third kappa shape index (κ3) is 7.25. The summed E-state index contributed by atoms with van der Waals surface area (Å²) in [6.07, 6.45) is 3.08. The number of ether oxygens (including phenoxy) is 1. The van der Waals surface area contributed by atoms with Gasteiger partial charge in [-0.25, -0.2) is 9.78 Å². The standard InChI is InChI=1S/C29H33N5O5S2/c1-29(2,3)39-28(37)32-19-10-12-34(13-11-19)17-25-30-15-20(40-25)16-31-26(35)18-8-9-24-22(14-18)33-27(36)21-6-4-5-7-23(21)41(24)38/h4-9,14-15,19H,10-13,16-17H2,1-3H3,(H,31,35)(H,32,37)(H,33,36). The van der Waals surface area contributed by atoms with Gasteiger partial charge in [0.2, 0.25) is 0 Å². The van der Waals surface area contributed by atoms with E-state index in [2.05, 4.69) is 25.8 Å². The molecule has 3 N–H and O–H groups in total. The molecule has 0 aliphatic carbocycles. The van der Waals surface area contributed by atoms with Crippen molar-refractivity contribution in [2.45, 2.75) is 68.1 Å². The van der Waals surface area contributed by atoms with Gasteiger partial charge in [0.15, 0.2) is 9.79 Å². The number of nitrogens with one attached hydrogen (secondary N) is 3. The van der Waals surface area contributed by atoms with Crippen molar-refractivity contribution < 1.29 is 23.7 Å². The second kappa shape index (κ2) is 12.2. The van der Waals surface area contributed by atoms with Gasteiger partial charge in [-0.3, -0.25) is 14.5 Å². The number of rotatable bonds is 6. The van der Waals surface area contributed by atoms with Gasteiger partial charge in [0.1, 0.15) is 10.6 Å². The fourth-order valence-corrected chi connectivity index (χ4v) is 6.93. The van der Waals surface area contributed by atoms with Gasteiger partial charge in [0.25, 0.3) is 11.8 Å². The smallest absolute Gasteiger partial charge is 0.407 e. The molecule has 3 heterocycles. The Morgan fingerprint density at radius 3 is 2.68 bits per heavy atom. The van der Waals surface area contributed by atoms with Crippen molar-refractivity contribution in [1.82, 2.24) is 20.5 Å². The number of likely N-dealkylation sites (tertiary alicyclic amines) is 1. The van der Waals surface area contributed by atoms with E-state index in [9.17, 15) is 18.9 Å². The van der Waals surface area contributed by atoms with E-state index >= 15 is 0 Å². The van der Waals surface area contributed by atoms with E-state index in [0.29, 0.717) is 39.7 Å². The molecule has 12 heteroatoms. The van der Waals surface area contributed by atoms with E-state index < -0.39 is 16.8 Å². The lowest BCUT2D eigenvalue weighted by molar-refractivity contribution is 0.0477. The summed E-state index contributed by atoms with van der Waals surface area (Å²) in [7, 11) is 0. The number of anilines is 1. The number of fused-ring (bicyclic) bond motifs is 2. The number of piperidine rings is 1. The summed E-state index contributed by atoms with van der Waals surface area (Å²) in [4.78, 5) is 46.3. The lowest BCUT2D eigenvalue weighted by Gasteiger charge is -2.32. The van der Waals surface area contributed by atoms with Crippen LogP contribution in [0, 0.1) is 0 Å². The highest BCUT2D eigenvalue weighted by Gasteiger charge is 2.31. The van der Waals surface area contributed by atoms with Crippen molar-refractivity contribution in [1.29, 1.82) is 0 Å². The Labute approximate surface area is 246 Å². The minimum atomic E-state index is -1.54. The number of carbonyl (C=O) groups excluding carboxylic acids is 3. The highest BCUT2D eigenvalue weighted by Crippen LogP contribution is 2.34. The molecule has 0 spiro atoms. The van der Waals surface area contributed by atoms with E-state index in [1.165, 1.54) is 0 Å². The van der Waals surface area contributed by atoms with Crippen molar-refractivity contribution in [2.24, 2.45) is 0 Å². The number of amides is 3. The van der Waals surface area contributed by atoms with Gasteiger partial charge in [-0.15, -0.1) is 11.3 Å². The van der Waals surface area contributed by atoms with Gasteiger partial charge in [-0.1, -0.05) is 12.1 Å². The normalized spacial score (nSPS) is 17.6. The maximum absolute atomic E-state index is 13.1. The fraction of sp³-hybridized carbons (Fsp3) is 0.379. The first-order valence-corrected chi connectivity index (χ1v) is 15.4. The Morgan fingerprint density at radius 2 is 1.93 bits per heavy atom. The Bertz CT molecular complexity index is 1450. The molecule has 10 nitrogen and oxygen atoms in total. The van der Waals surface area contributed by atoms with Crippen LogP contribution in [0.25, 0.3) is 0 Å². The number of hydrogen-bond donors (Lipinski definition) is 3. The van der Waals surface area contributed by atoms with Crippen molar-refractivity contribution in [3.05, 3.63) is 69.7 Å². The minimum Gasteiger partial charge on any atom is -0.606 e. The van der Waals surface area contributed by atoms with Crippen LogP contribution in [0.4, 0.5) is 10.5 Å². The maximum Gasteiger partial charge on any atom is 0.407 e. The molecule has 1 saturated heterocycles. The summed E-state index contributed by atoms with van der Waals surface area (Å²) in [6.45, 7) is 8.27. The molecule has 2 aliphatic heterocycles. The van der Waals surface area contributed by atoms with E-state index in [0.717, 1.165) is 35.8 Å². The Hall–Kier alpha value is -3.45. The number of benzene rings is 2. The van der Waals surface area contributed by atoms with Crippen molar-refractivity contribution in [2.75, 3.05) is 18.4 Å². The molecular formula is C29H33N5O5S2. The summed E-state index contributed by atoms with van der Waals surface area (Å²) in [5, 5.41) is 9.62. The zero-order valence-corrected chi connectivity index (χ0v) is 24.8. The van der Waals surface area contributed by atoms with Gasteiger partial charge in [0, 0.05) is 46.9 Å². The van der Waals surface area contributed by atoms with Crippen LogP contribution in [-0.2, 0) is 29.0 Å². The quantitative estimate of drug-likeness (QED) is 0.362. The topological polar surface area (TPSA) is 136 Å². The molecular weight excluding hydrogens is 562 g/mol. The number of alkyl carbamates (subject to hydrolysis) is 1. The number of hydrogen-bond acceptors (Lipinski definition) is 8. The third-order valence-electron chi connectivity index (χ3n) is 6.71. The highest BCUT2D eigenvalue weighted by atomic mass is 32.2. The predicted molar refractivity (Wildman–Crippen MR) is 156 cm³/mol. The lowest BCUT2D eigenvalue weighted by atomic mass is 10.1. The molecule has 0 bridgehead atoms. The molecule has 1 unspecified atom stereocenters. The van der Waals surface area contributed by atoms with Gasteiger partial charge in [-0.2, -0.15) is 0 Å². The second-order valence-corrected chi connectivity index (χ2v) is 13.6. The van der Waals surface area contributed by atoms with Crippen molar-refractivity contribution >= 4 is 46.1 Å². The van der Waals surface area contributed by atoms with Crippen LogP contribution in [0.15, 0.2) is 58.5 Å². The van der Waals surface area contributed by atoms with Crippen LogP contribution < -0.4 is 16.0 Å². The molecule has 3 amide bonds. The number of nitrogens with zero attached hydrogens (tertiary/aromatic N) is 2. The largest absolute Gasteiger partial charge is 0.606 e. The van der Waals surface area contributed by atoms with E-state index in [1.807, 2.05) is 20.8 Å². The SMILES string of the molecule is CC(C)(C)OC(=O)NC1CCN(Cc2ncc(CNC(=O)c3ccc4c(c3)NC(=O)c3ccccc3[S+]4[O-])s2)CC1. The summed E-state index contributed by atoms with van der Waals surface area (Å²) in [6, 6.07) is 11.7. The third-order valence-corrected chi connectivity index (χ3v) is 9.21. The average molecular weight is 596 g/mol. The van der Waals surface area contributed by atoms with E-state index in [4.69, 9.17) is 4.74 Å². The molecule has 1 atom stereocenters. The summed E-state index contributed by atoms with van der Waals surface area (Å²) >= 11 is 0.00392. The first kappa shape index (κ1) is 29.1. The molecule has 3 aromatic rings. The Balaban J connectivity index is 1.12. The van der Waals surface area contributed by atoms with E-state index in [1.54, 1.807) is 60.0 Å². The summed E-state index contributed by atoms with van der Waals surface area (Å²) in [5.41, 5.74) is 0.567.